The molecule has 1 rings (SSSR count). The summed E-state index contributed by atoms with van der Waals surface area (Å²) in [5.74, 6) is -0.0172. The predicted octanol–water partition coefficient (Wildman–Crippen LogP) is 3.27. The van der Waals surface area contributed by atoms with Crippen molar-refractivity contribution in [1.82, 2.24) is 4.90 Å². The Kier molecular flexibility index (Phi) is 6.80. The van der Waals surface area contributed by atoms with Crippen LogP contribution in [0.4, 0.5) is 0 Å². The van der Waals surface area contributed by atoms with Gasteiger partial charge in [-0.15, -0.1) is 0 Å². The van der Waals surface area contributed by atoms with Gasteiger partial charge >= 0.3 is 0 Å². The summed E-state index contributed by atoms with van der Waals surface area (Å²) in [5.41, 5.74) is 0.470. The molecule has 0 aliphatic rings. The van der Waals surface area contributed by atoms with E-state index in [0.29, 0.717) is 35.0 Å². The van der Waals surface area contributed by atoms with E-state index in [0.717, 1.165) is 6.54 Å². The maximum Gasteiger partial charge on any atom is 0.165 e. The van der Waals surface area contributed by atoms with E-state index in [9.17, 15) is 9.90 Å². The molecule has 19 heavy (non-hydrogen) atoms. The SMILES string of the molecule is CC(O)CCN(C)CCC(=O)c1cccc(Cl)c1Cl. The molecule has 0 amide bonds. The minimum Gasteiger partial charge on any atom is -0.393 e. The second-order valence-corrected chi connectivity index (χ2v) is 5.50. The molecule has 0 bridgehead atoms. The number of nitrogens with zero attached hydrogens (tertiary/aromatic N) is 1. The van der Waals surface area contributed by atoms with Crippen molar-refractivity contribution < 1.29 is 9.90 Å². The van der Waals surface area contributed by atoms with Gasteiger partial charge in [0.15, 0.2) is 5.78 Å². The average molecular weight is 304 g/mol. The van der Waals surface area contributed by atoms with Gasteiger partial charge in [0.05, 0.1) is 16.1 Å². The zero-order valence-corrected chi connectivity index (χ0v) is 12.7. The van der Waals surface area contributed by atoms with Crippen LogP contribution in [-0.4, -0.2) is 42.0 Å². The maximum atomic E-state index is 12.0. The van der Waals surface area contributed by atoms with Gasteiger partial charge in [-0.25, -0.2) is 0 Å². The Morgan fingerprint density at radius 2 is 2.05 bits per heavy atom. The highest BCUT2D eigenvalue weighted by Crippen LogP contribution is 2.26. The Morgan fingerprint density at radius 3 is 2.68 bits per heavy atom. The first-order valence-electron chi connectivity index (χ1n) is 6.25. The van der Waals surface area contributed by atoms with Crippen LogP contribution in [0.1, 0.15) is 30.1 Å². The lowest BCUT2D eigenvalue weighted by atomic mass is 10.1. The molecular formula is C14H19Cl2NO2. The molecule has 0 fully saturated rings. The second-order valence-electron chi connectivity index (χ2n) is 4.72. The number of carbonyl (C=O) groups excluding carboxylic acids is 1. The topological polar surface area (TPSA) is 40.5 Å². The Morgan fingerprint density at radius 1 is 1.37 bits per heavy atom. The standard InChI is InChI=1S/C14H19Cl2NO2/c1-10(18)6-8-17(2)9-7-13(19)11-4-3-5-12(15)14(11)16/h3-5,10,18H,6-9H2,1-2H3. The fourth-order valence-electron chi connectivity index (χ4n) is 1.67. The lowest BCUT2D eigenvalue weighted by Gasteiger charge is -2.17. The van der Waals surface area contributed by atoms with Gasteiger partial charge in [0.2, 0.25) is 0 Å². The smallest absolute Gasteiger partial charge is 0.165 e. The molecule has 0 saturated heterocycles. The van der Waals surface area contributed by atoms with Crippen LogP contribution >= 0.6 is 23.2 Å². The third-order valence-electron chi connectivity index (χ3n) is 2.90. The summed E-state index contributed by atoms with van der Waals surface area (Å²) in [4.78, 5) is 14.1. The van der Waals surface area contributed by atoms with E-state index < -0.39 is 0 Å². The number of halogens is 2. The molecule has 3 nitrogen and oxygen atoms in total. The zero-order valence-electron chi connectivity index (χ0n) is 11.2. The van der Waals surface area contributed by atoms with Crippen LogP contribution in [0.5, 0.6) is 0 Å². The van der Waals surface area contributed by atoms with E-state index in [1.807, 2.05) is 11.9 Å². The van der Waals surface area contributed by atoms with Crippen molar-refractivity contribution >= 4 is 29.0 Å². The Bertz CT molecular complexity index is 435. The van der Waals surface area contributed by atoms with E-state index in [4.69, 9.17) is 23.2 Å². The molecule has 0 aliphatic heterocycles. The quantitative estimate of drug-likeness (QED) is 0.786. The van der Waals surface area contributed by atoms with Crippen molar-refractivity contribution in [3.8, 4) is 0 Å². The lowest BCUT2D eigenvalue weighted by molar-refractivity contribution is 0.0965. The summed E-state index contributed by atoms with van der Waals surface area (Å²) >= 11 is 11.9. The van der Waals surface area contributed by atoms with Crippen molar-refractivity contribution in [2.24, 2.45) is 0 Å². The molecule has 0 aromatic heterocycles. The minimum absolute atomic E-state index is 0.0172. The van der Waals surface area contributed by atoms with Gasteiger partial charge in [0.25, 0.3) is 0 Å². The zero-order chi connectivity index (χ0) is 14.4. The van der Waals surface area contributed by atoms with Crippen molar-refractivity contribution in [2.75, 3.05) is 20.1 Å². The van der Waals surface area contributed by atoms with Gasteiger partial charge in [-0.05, 0) is 32.5 Å². The van der Waals surface area contributed by atoms with Crippen LogP contribution in [0.25, 0.3) is 0 Å². The first kappa shape index (κ1) is 16.4. The lowest BCUT2D eigenvalue weighted by Crippen LogP contribution is -2.25. The first-order chi connectivity index (χ1) is 8.91. The van der Waals surface area contributed by atoms with E-state index in [1.165, 1.54) is 0 Å². The van der Waals surface area contributed by atoms with Crippen LogP contribution < -0.4 is 0 Å². The third-order valence-corrected chi connectivity index (χ3v) is 3.72. The number of carbonyl (C=O) groups is 1. The molecule has 0 aliphatic carbocycles. The minimum atomic E-state index is -0.319. The number of ketones is 1. The first-order valence-corrected chi connectivity index (χ1v) is 7.01. The molecule has 0 spiro atoms. The summed E-state index contributed by atoms with van der Waals surface area (Å²) in [7, 11) is 1.93. The summed E-state index contributed by atoms with van der Waals surface area (Å²) < 4.78 is 0. The van der Waals surface area contributed by atoms with Crippen LogP contribution in [0.2, 0.25) is 10.0 Å². The third kappa shape index (κ3) is 5.49. The van der Waals surface area contributed by atoms with Gasteiger partial charge in [-0.2, -0.15) is 0 Å². The van der Waals surface area contributed by atoms with E-state index >= 15 is 0 Å². The highest BCUT2D eigenvalue weighted by Gasteiger charge is 2.13. The van der Waals surface area contributed by atoms with Crippen LogP contribution in [0.15, 0.2) is 18.2 Å². The molecule has 0 heterocycles. The molecule has 5 heteroatoms. The fourth-order valence-corrected chi connectivity index (χ4v) is 2.07. The molecule has 1 aromatic carbocycles. The summed E-state index contributed by atoms with van der Waals surface area (Å²) in [6, 6.07) is 5.07. The van der Waals surface area contributed by atoms with Crippen molar-refractivity contribution in [3.63, 3.8) is 0 Å². The van der Waals surface area contributed by atoms with Crippen LogP contribution in [0, 0.1) is 0 Å². The summed E-state index contributed by atoms with van der Waals surface area (Å²) in [5, 5.41) is 9.92. The summed E-state index contributed by atoms with van der Waals surface area (Å²) in [6.07, 6.45) is 0.763. The molecule has 1 unspecified atom stereocenters. The van der Waals surface area contributed by atoms with Crippen molar-refractivity contribution in [3.05, 3.63) is 33.8 Å². The average Bonchev–Trinajstić information content (AvgIpc) is 2.36. The highest BCUT2D eigenvalue weighted by molar-refractivity contribution is 6.43. The predicted molar refractivity (Wildman–Crippen MR) is 79.2 cm³/mol. The monoisotopic (exact) mass is 303 g/mol. The van der Waals surface area contributed by atoms with Gasteiger partial charge in [0.1, 0.15) is 0 Å². The van der Waals surface area contributed by atoms with Crippen LogP contribution in [0.3, 0.4) is 0 Å². The molecular weight excluding hydrogens is 285 g/mol. The molecule has 1 N–H and O–H groups in total. The van der Waals surface area contributed by atoms with Crippen molar-refractivity contribution in [1.29, 1.82) is 0 Å². The van der Waals surface area contributed by atoms with E-state index in [1.54, 1.807) is 25.1 Å². The number of Topliss-reactive ketones (excluding diaryl/α,β-unsaturated/α-hetero) is 1. The number of hydrogen-bond donors (Lipinski definition) is 1. The highest BCUT2D eigenvalue weighted by atomic mass is 35.5. The molecule has 1 aromatic rings. The molecule has 0 saturated carbocycles. The largest absolute Gasteiger partial charge is 0.393 e. The fraction of sp³-hybridized carbons (Fsp3) is 0.500. The number of hydrogen-bond acceptors (Lipinski definition) is 3. The van der Waals surface area contributed by atoms with E-state index in [-0.39, 0.29) is 11.9 Å². The second kappa shape index (κ2) is 7.85. The van der Waals surface area contributed by atoms with Gasteiger partial charge in [-0.1, -0.05) is 29.3 Å². The number of rotatable bonds is 7. The van der Waals surface area contributed by atoms with Gasteiger partial charge in [-0.3, -0.25) is 4.79 Å². The maximum absolute atomic E-state index is 12.0. The Hall–Kier alpha value is -0.610. The summed E-state index contributed by atoms with van der Waals surface area (Å²) in [6.45, 7) is 3.15. The number of aliphatic hydroxyl groups is 1. The molecule has 106 valence electrons. The van der Waals surface area contributed by atoms with Crippen LogP contribution in [-0.2, 0) is 0 Å². The normalized spacial score (nSPS) is 12.7. The molecule has 1 atom stereocenters. The van der Waals surface area contributed by atoms with E-state index in [2.05, 4.69) is 0 Å². The number of benzene rings is 1. The Balaban J connectivity index is 2.49. The number of aliphatic hydroxyl groups excluding tert-OH is 1. The molecule has 0 radical (unpaired) electrons. The van der Waals surface area contributed by atoms with Crippen molar-refractivity contribution in [2.45, 2.75) is 25.9 Å². The Labute approximate surface area is 124 Å². The van der Waals surface area contributed by atoms with Gasteiger partial charge in [0, 0.05) is 25.1 Å². The van der Waals surface area contributed by atoms with Gasteiger partial charge < -0.3 is 10.0 Å².